The van der Waals surface area contributed by atoms with Gasteiger partial charge in [0.25, 0.3) is 5.91 Å². The number of piperazine rings is 1. The molecule has 5 heteroatoms. The van der Waals surface area contributed by atoms with Gasteiger partial charge in [0, 0.05) is 32.8 Å². The fraction of sp³-hybridized carbons (Fsp3) is 0.917. The monoisotopic (exact) mass is 241 g/mol. The molecule has 5 nitrogen and oxygen atoms in total. The van der Waals surface area contributed by atoms with Crippen LogP contribution in [0.25, 0.3) is 0 Å². The van der Waals surface area contributed by atoms with Crippen LogP contribution in [0.5, 0.6) is 0 Å². The number of rotatable bonds is 4. The molecule has 0 aromatic carbocycles. The van der Waals surface area contributed by atoms with Crippen LogP contribution in [0.2, 0.25) is 0 Å². The van der Waals surface area contributed by atoms with E-state index in [-0.39, 0.29) is 12.0 Å². The van der Waals surface area contributed by atoms with Crippen molar-refractivity contribution in [2.45, 2.75) is 25.4 Å². The zero-order valence-corrected chi connectivity index (χ0v) is 10.4. The number of amides is 1. The Morgan fingerprint density at radius 2 is 2.06 bits per heavy atom. The van der Waals surface area contributed by atoms with Crippen LogP contribution in [0.3, 0.4) is 0 Å². The van der Waals surface area contributed by atoms with Crippen LogP contribution in [0, 0.1) is 0 Å². The highest BCUT2D eigenvalue weighted by molar-refractivity contribution is 5.81. The first-order valence-electron chi connectivity index (χ1n) is 6.64. The Kier molecular flexibility index (Phi) is 4.76. The molecule has 2 heterocycles. The average Bonchev–Trinajstić information content (AvgIpc) is 2.90. The Hall–Kier alpha value is -0.650. The number of carbonyl (C=O) groups excluding carboxylic acids is 1. The van der Waals surface area contributed by atoms with E-state index >= 15 is 0 Å². The van der Waals surface area contributed by atoms with Crippen LogP contribution < -0.4 is 5.73 Å². The third-order valence-electron chi connectivity index (χ3n) is 3.57. The van der Waals surface area contributed by atoms with Crippen molar-refractivity contribution in [3.8, 4) is 0 Å². The molecule has 2 N–H and O–H groups in total. The molecular formula is C12H23N3O2. The summed E-state index contributed by atoms with van der Waals surface area (Å²) in [6.07, 6.45) is 2.80. The van der Waals surface area contributed by atoms with E-state index in [0.717, 1.165) is 65.1 Å². The predicted molar refractivity (Wildman–Crippen MR) is 65.7 cm³/mol. The van der Waals surface area contributed by atoms with Gasteiger partial charge in [-0.2, -0.15) is 0 Å². The van der Waals surface area contributed by atoms with Crippen LogP contribution in [0.15, 0.2) is 0 Å². The van der Waals surface area contributed by atoms with Gasteiger partial charge >= 0.3 is 0 Å². The predicted octanol–water partition coefficient (Wildman–Crippen LogP) is -0.342. The number of nitrogens with zero attached hydrogens (tertiary/aromatic N) is 2. The quantitative estimate of drug-likeness (QED) is 0.731. The maximum atomic E-state index is 12.1. The zero-order chi connectivity index (χ0) is 12.1. The second kappa shape index (κ2) is 6.33. The van der Waals surface area contributed by atoms with Crippen molar-refractivity contribution in [3.05, 3.63) is 0 Å². The second-order valence-corrected chi connectivity index (χ2v) is 4.81. The first-order chi connectivity index (χ1) is 8.31. The van der Waals surface area contributed by atoms with Crippen molar-refractivity contribution in [2.24, 2.45) is 5.73 Å². The number of carbonyl (C=O) groups is 1. The van der Waals surface area contributed by atoms with Gasteiger partial charge in [0.2, 0.25) is 0 Å². The Morgan fingerprint density at radius 3 is 2.65 bits per heavy atom. The maximum Gasteiger partial charge on any atom is 0.251 e. The summed E-state index contributed by atoms with van der Waals surface area (Å²) < 4.78 is 5.44. The molecule has 0 unspecified atom stereocenters. The molecule has 1 amide bonds. The fourth-order valence-electron chi connectivity index (χ4n) is 2.48. The molecule has 2 rings (SSSR count). The van der Waals surface area contributed by atoms with Gasteiger partial charge in [0.05, 0.1) is 0 Å². The fourth-order valence-corrected chi connectivity index (χ4v) is 2.48. The average molecular weight is 241 g/mol. The van der Waals surface area contributed by atoms with Gasteiger partial charge < -0.3 is 15.4 Å². The molecule has 0 aromatic rings. The second-order valence-electron chi connectivity index (χ2n) is 4.81. The summed E-state index contributed by atoms with van der Waals surface area (Å²) in [4.78, 5) is 16.4. The summed E-state index contributed by atoms with van der Waals surface area (Å²) in [6.45, 7) is 6.16. The molecule has 2 saturated heterocycles. The van der Waals surface area contributed by atoms with Crippen molar-refractivity contribution >= 4 is 5.91 Å². The Balaban J connectivity index is 1.72. The minimum atomic E-state index is -0.161. The lowest BCUT2D eigenvalue weighted by Crippen LogP contribution is -2.51. The summed E-state index contributed by atoms with van der Waals surface area (Å²) in [7, 11) is 0. The van der Waals surface area contributed by atoms with E-state index in [0.29, 0.717) is 0 Å². The molecule has 1 atom stereocenters. The lowest BCUT2D eigenvalue weighted by Gasteiger charge is -2.35. The molecule has 0 bridgehead atoms. The summed E-state index contributed by atoms with van der Waals surface area (Å²) in [6, 6.07) is 0. The summed E-state index contributed by atoms with van der Waals surface area (Å²) in [5.74, 6) is 0.195. The summed E-state index contributed by atoms with van der Waals surface area (Å²) >= 11 is 0. The lowest BCUT2D eigenvalue weighted by atomic mass is 10.2. The number of nitrogens with two attached hydrogens (primary N) is 1. The number of hydrogen-bond acceptors (Lipinski definition) is 4. The third kappa shape index (κ3) is 3.40. The van der Waals surface area contributed by atoms with Gasteiger partial charge in [-0.15, -0.1) is 0 Å². The van der Waals surface area contributed by atoms with Crippen molar-refractivity contribution in [2.75, 3.05) is 45.9 Å². The smallest absolute Gasteiger partial charge is 0.251 e. The van der Waals surface area contributed by atoms with Gasteiger partial charge in [0.1, 0.15) is 6.10 Å². The highest BCUT2D eigenvalue weighted by atomic mass is 16.5. The molecule has 2 aliphatic rings. The Bertz CT molecular complexity index is 246. The summed E-state index contributed by atoms with van der Waals surface area (Å²) in [5.41, 5.74) is 5.50. The molecule has 0 aromatic heterocycles. The number of hydrogen-bond donors (Lipinski definition) is 1. The van der Waals surface area contributed by atoms with E-state index in [1.54, 1.807) is 0 Å². The van der Waals surface area contributed by atoms with Crippen molar-refractivity contribution < 1.29 is 9.53 Å². The Morgan fingerprint density at radius 1 is 1.29 bits per heavy atom. The van der Waals surface area contributed by atoms with Gasteiger partial charge in [-0.3, -0.25) is 9.69 Å². The van der Waals surface area contributed by atoms with Crippen LogP contribution in [0.1, 0.15) is 19.3 Å². The van der Waals surface area contributed by atoms with E-state index in [2.05, 4.69) is 4.90 Å². The highest BCUT2D eigenvalue weighted by Gasteiger charge is 2.29. The lowest BCUT2D eigenvalue weighted by molar-refractivity contribution is -0.142. The summed E-state index contributed by atoms with van der Waals surface area (Å²) in [5, 5.41) is 0. The normalized spacial score (nSPS) is 26.4. The van der Waals surface area contributed by atoms with E-state index in [9.17, 15) is 4.79 Å². The van der Waals surface area contributed by atoms with Gasteiger partial charge in [-0.1, -0.05) is 0 Å². The standard InChI is InChI=1S/C12H23N3O2/c13-4-2-5-14-6-8-15(9-7-14)12(16)11-3-1-10-17-11/h11H,1-10,13H2/t11-/m0/s1. The minimum absolute atomic E-state index is 0.161. The molecule has 0 spiro atoms. The van der Waals surface area contributed by atoms with E-state index in [1.165, 1.54) is 0 Å². The molecule has 98 valence electrons. The number of ether oxygens (including phenoxy) is 1. The van der Waals surface area contributed by atoms with Crippen molar-refractivity contribution in [1.82, 2.24) is 9.80 Å². The van der Waals surface area contributed by atoms with Crippen molar-refractivity contribution in [3.63, 3.8) is 0 Å². The SMILES string of the molecule is NCCCN1CCN(C(=O)[C@@H]2CCCO2)CC1. The molecule has 17 heavy (non-hydrogen) atoms. The van der Waals surface area contributed by atoms with E-state index in [4.69, 9.17) is 10.5 Å². The molecule has 2 fully saturated rings. The molecular weight excluding hydrogens is 218 g/mol. The van der Waals surface area contributed by atoms with Crippen LogP contribution >= 0.6 is 0 Å². The van der Waals surface area contributed by atoms with Gasteiger partial charge in [-0.05, 0) is 32.4 Å². The molecule has 0 radical (unpaired) electrons. The first-order valence-corrected chi connectivity index (χ1v) is 6.64. The zero-order valence-electron chi connectivity index (χ0n) is 10.4. The van der Waals surface area contributed by atoms with Crippen molar-refractivity contribution in [1.29, 1.82) is 0 Å². The van der Waals surface area contributed by atoms with Gasteiger partial charge in [-0.25, -0.2) is 0 Å². The molecule has 2 aliphatic heterocycles. The largest absolute Gasteiger partial charge is 0.368 e. The molecule has 0 saturated carbocycles. The van der Waals surface area contributed by atoms with Crippen LogP contribution in [-0.4, -0.2) is 67.7 Å². The molecule has 0 aliphatic carbocycles. The van der Waals surface area contributed by atoms with Gasteiger partial charge in [0.15, 0.2) is 0 Å². The minimum Gasteiger partial charge on any atom is -0.368 e. The van der Waals surface area contributed by atoms with E-state index < -0.39 is 0 Å². The van der Waals surface area contributed by atoms with Crippen LogP contribution in [0.4, 0.5) is 0 Å². The first kappa shape index (κ1) is 12.8. The van der Waals surface area contributed by atoms with E-state index in [1.807, 2.05) is 4.90 Å². The maximum absolute atomic E-state index is 12.1. The topological polar surface area (TPSA) is 58.8 Å². The Labute approximate surface area is 103 Å². The third-order valence-corrected chi connectivity index (χ3v) is 3.57. The highest BCUT2D eigenvalue weighted by Crippen LogP contribution is 2.15. The van der Waals surface area contributed by atoms with Crippen LogP contribution in [-0.2, 0) is 9.53 Å².